The molecule has 3 aromatic carbocycles. The molecule has 0 fully saturated rings. The number of rotatable bonds is 7. The van der Waals surface area contributed by atoms with Gasteiger partial charge in [-0.2, -0.15) is 0 Å². The summed E-state index contributed by atoms with van der Waals surface area (Å²) in [4.78, 5) is 16.8. The van der Waals surface area contributed by atoms with Gasteiger partial charge in [-0.3, -0.25) is 0 Å². The molecule has 168 valence electrons. The highest BCUT2D eigenvalue weighted by Gasteiger charge is 2.25. The van der Waals surface area contributed by atoms with Crippen molar-refractivity contribution in [3.63, 3.8) is 0 Å². The highest BCUT2D eigenvalue weighted by Crippen LogP contribution is 2.38. The predicted molar refractivity (Wildman–Crippen MR) is 133 cm³/mol. The van der Waals surface area contributed by atoms with E-state index < -0.39 is 5.97 Å². The van der Waals surface area contributed by atoms with Gasteiger partial charge in [-0.1, -0.05) is 57.9 Å². The normalized spacial score (nSPS) is 14.2. The zero-order valence-electron chi connectivity index (χ0n) is 18.1. The van der Waals surface area contributed by atoms with E-state index in [2.05, 4.69) is 20.9 Å². The average molecular weight is 527 g/mol. The Morgan fingerprint density at radius 3 is 2.67 bits per heavy atom. The van der Waals surface area contributed by atoms with E-state index in [4.69, 9.17) is 25.8 Å². The number of cyclic esters (lactones) is 1. The van der Waals surface area contributed by atoms with Crippen LogP contribution in [0.3, 0.4) is 0 Å². The largest absolute Gasteiger partial charge is 0.490 e. The third-order valence-corrected chi connectivity index (χ3v) is 5.68. The van der Waals surface area contributed by atoms with E-state index in [9.17, 15) is 4.79 Å². The molecule has 0 amide bonds. The Morgan fingerprint density at radius 1 is 1.09 bits per heavy atom. The Bertz CT molecular complexity index is 1270. The van der Waals surface area contributed by atoms with Gasteiger partial charge in [0.05, 0.1) is 11.6 Å². The molecule has 0 aliphatic carbocycles. The summed E-state index contributed by atoms with van der Waals surface area (Å²) >= 11 is 10.00. The van der Waals surface area contributed by atoms with Crippen LogP contribution >= 0.6 is 27.5 Å². The second-order valence-corrected chi connectivity index (χ2v) is 8.66. The molecule has 0 spiro atoms. The van der Waals surface area contributed by atoms with E-state index in [0.29, 0.717) is 35.3 Å². The summed E-state index contributed by atoms with van der Waals surface area (Å²) in [5, 5.41) is 0.372. The quantitative estimate of drug-likeness (QED) is 0.253. The van der Waals surface area contributed by atoms with Gasteiger partial charge in [-0.05, 0) is 66.9 Å². The number of aliphatic imine (C=N–C) groups is 1. The molecule has 1 aliphatic heterocycles. The molecule has 0 saturated carbocycles. The number of hydrogen-bond acceptors (Lipinski definition) is 5. The molecule has 1 aliphatic rings. The summed E-state index contributed by atoms with van der Waals surface area (Å²) in [5.74, 6) is 0.701. The zero-order chi connectivity index (χ0) is 23.4. The summed E-state index contributed by atoms with van der Waals surface area (Å²) < 4.78 is 18.1. The van der Waals surface area contributed by atoms with Crippen molar-refractivity contribution in [2.45, 2.75) is 20.5 Å². The first-order valence-corrected chi connectivity index (χ1v) is 11.5. The monoisotopic (exact) mass is 525 g/mol. The van der Waals surface area contributed by atoms with E-state index in [1.54, 1.807) is 18.2 Å². The van der Waals surface area contributed by atoms with Crippen molar-refractivity contribution in [1.29, 1.82) is 0 Å². The van der Waals surface area contributed by atoms with Gasteiger partial charge in [0.15, 0.2) is 17.2 Å². The van der Waals surface area contributed by atoms with E-state index in [1.807, 2.05) is 62.4 Å². The van der Waals surface area contributed by atoms with Crippen molar-refractivity contribution in [3.8, 4) is 11.5 Å². The lowest BCUT2D eigenvalue weighted by Crippen LogP contribution is -2.06. The standard InChI is InChI=1S/C26H21BrClNO4/c1-3-31-23-14-18(12-21(28)24(23)32-15-17-8-6-9-19(27)11-17)13-22-26(30)33-25(29-22)20-10-5-4-7-16(20)2/h4-14H,3,15H2,1-2H3/b22-13-. The molecule has 1 heterocycles. The summed E-state index contributed by atoms with van der Waals surface area (Å²) in [5.41, 5.74) is 3.58. The Labute approximate surface area is 205 Å². The van der Waals surface area contributed by atoms with Crippen LogP contribution in [0.5, 0.6) is 11.5 Å². The molecule has 0 unspecified atom stereocenters. The van der Waals surface area contributed by atoms with Crippen molar-refractivity contribution in [1.82, 2.24) is 0 Å². The van der Waals surface area contributed by atoms with Gasteiger partial charge in [0.25, 0.3) is 0 Å². The number of hydrogen-bond donors (Lipinski definition) is 0. The van der Waals surface area contributed by atoms with Crippen molar-refractivity contribution >= 4 is 45.5 Å². The maximum absolute atomic E-state index is 12.4. The molecule has 3 aromatic rings. The summed E-state index contributed by atoms with van der Waals surface area (Å²) in [7, 11) is 0. The van der Waals surface area contributed by atoms with Gasteiger partial charge in [0, 0.05) is 10.0 Å². The van der Waals surface area contributed by atoms with Crippen molar-refractivity contribution < 1.29 is 19.0 Å². The molecule has 5 nitrogen and oxygen atoms in total. The first kappa shape index (κ1) is 23.1. The van der Waals surface area contributed by atoms with Gasteiger partial charge >= 0.3 is 5.97 Å². The molecule has 0 atom stereocenters. The molecule has 0 aromatic heterocycles. The molecule has 7 heteroatoms. The molecular formula is C26H21BrClNO4. The molecule has 0 bridgehead atoms. The van der Waals surface area contributed by atoms with E-state index >= 15 is 0 Å². The van der Waals surface area contributed by atoms with Crippen LogP contribution in [-0.2, 0) is 16.1 Å². The van der Waals surface area contributed by atoms with Crippen LogP contribution in [0.4, 0.5) is 0 Å². The smallest absolute Gasteiger partial charge is 0.363 e. The lowest BCUT2D eigenvalue weighted by atomic mass is 10.1. The maximum Gasteiger partial charge on any atom is 0.363 e. The number of benzene rings is 3. The van der Waals surface area contributed by atoms with Crippen LogP contribution in [0.1, 0.15) is 29.2 Å². The Morgan fingerprint density at radius 2 is 1.91 bits per heavy atom. The number of carbonyl (C=O) groups is 1. The predicted octanol–water partition coefficient (Wildman–Crippen LogP) is 6.73. The fourth-order valence-corrected chi connectivity index (χ4v) is 4.07. The van der Waals surface area contributed by atoms with Gasteiger partial charge in [-0.15, -0.1) is 0 Å². The second kappa shape index (κ2) is 10.2. The number of aryl methyl sites for hydroxylation is 1. The first-order chi connectivity index (χ1) is 15.9. The fraction of sp³-hybridized carbons (Fsp3) is 0.154. The summed E-state index contributed by atoms with van der Waals surface area (Å²) in [6.07, 6.45) is 1.63. The second-order valence-electron chi connectivity index (χ2n) is 7.33. The van der Waals surface area contributed by atoms with Gasteiger partial charge in [-0.25, -0.2) is 9.79 Å². The number of halogens is 2. The third-order valence-electron chi connectivity index (χ3n) is 4.90. The SMILES string of the molecule is CCOc1cc(/C=C2\N=C(c3ccccc3C)OC2=O)cc(Cl)c1OCc1cccc(Br)c1. The molecule has 0 radical (unpaired) electrons. The van der Waals surface area contributed by atoms with E-state index in [-0.39, 0.29) is 11.6 Å². The van der Waals surface area contributed by atoms with Crippen LogP contribution in [-0.4, -0.2) is 18.5 Å². The fourth-order valence-electron chi connectivity index (χ4n) is 3.35. The van der Waals surface area contributed by atoms with Crippen LogP contribution in [0.15, 0.2) is 75.8 Å². The van der Waals surface area contributed by atoms with Gasteiger partial charge < -0.3 is 14.2 Å². The Kier molecular flexibility index (Phi) is 7.16. The topological polar surface area (TPSA) is 57.1 Å². The number of ether oxygens (including phenoxy) is 3. The Hall–Kier alpha value is -3.09. The minimum atomic E-state index is -0.516. The average Bonchev–Trinajstić information content (AvgIpc) is 3.13. The van der Waals surface area contributed by atoms with Crippen molar-refractivity contribution in [3.05, 3.63) is 98.1 Å². The number of nitrogens with zero attached hydrogens (tertiary/aromatic N) is 1. The highest BCUT2D eigenvalue weighted by atomic mass is 79.9. The van der Waals surface area contributed by atoms with Crippen LogP contribution in [0, 0.1) is 6.92 Å². The van der Waals surface area contributed by atoms with Crippen molar-refractivity contribution in [2.24, 2.45) is 4.99 Å². The van der Waals surface area contributed by atoms with E-state index in [1.165, 1.54) is 0 Å². The summed E-state index contributed by atoms with van der Waals surface area (Å²) in [6, 6.07) is 18.9. The maximum atomic E-state index is 12.4. The van der Waals surface area contributed by atoms with Crippen molar-refractivity contribution in [2.75, 3.05) is 6.61 Å². The van der Waals surface area contributed by atoms with Crippen LogP contribution in [0.25, 0.3) is 6.08 Å². The molecular weight excluding hydrogens is 506 g/mol. The minimum absolute atomic E-state index is 0.189. The Balaban J connectivity index is 1.62. The lowest BCUT2D eigenvalue weighted by Gasteiger charge is -2.14. The van der Waals surface area contributed by atoms with Gasteiger partial charge in [0.1, 0.15) is 6.61 Å². The molecule has 4 rings (SSSR count). The minimum Gasteiger partial charge on any atom is -0.490 e. The molecule has 0 saturated heterocycles. The first-order valence-electron chi connectivity index (χ1n) is 10.4. The molecule has 33 heavy (non-hydrogen) atoms. The van der Waals surface area contributed by atoms with Crippen LogP contribution in [0.2, 0.25) is 5.02 Å². The zero-order valence-corrected chi connectivity index (χ0v) is 20.4. The highest BCUT2D eigenvalue weighted by molar-refractivity contribution is 9.10. The van der Waals surface area contributed by atoms with Gasteiger partial charge in [0.2, 0.25) is 5.90 Å². The summed E-state index contributed by atoms with van der Waals surface area (Å²) in [6.45, 7) is 4.58. The van der Waals surface area contributed by atoms with Crippen LogP contribution < -0.4 is 9.47 Å². The van der Waals surface area contributed by atoms with E-state index in [0.717, 1.165) is 21.2 Å². The number of esters is 1. The number of carbonyl (C=O) groups excluding carboxylic acids is 1. The lowest BCUT2D eigenvalue weighted by molar-refractivity contribution is -0.129. The molecule has 0 N–H and O–H groups in total. The third kappa shape index (κ3) is 5.46.